The second kappa shape index (κ2) is 2.27. The molecule has 2 atom stereocenters. The Morgan fingerprint density at radius 1 is 1.33 bits per heavy atom. The third-order valence-electron chi connectivity index (χ3n) is 2.35. The molecule has 2 heteroatoms. The maximum absolute atomic E-state index is 3.39. The molecule has 51 valence electrons. The first-order chi connectivity index (χ1) is 4.47. The number of hydrogen-bond acceptors (Lipinski definition) is 2. The van der Waals surface area contributed by atoms with Crippen LogP contribution < -0.4 is 10.6 Å². The summed E-state index contributed by atoms with van der Waals surface area (Å²) < 4.78 is 0. The normalized spacial score (nSPS) is 42.7. The van der Waals surface area contributed by atoms with E-state index >= 15 is 0 Å². The van der Waals surface area contributed by atoms with E-state index in [4.69, 9.17) is 0 Å². The van der Waals surface area contributed by atoms with Crippen molar-refractivity contribution in [3.8, 4) is 0 Å². The Hall–Kier alpha value is -0.0800. The molecule has 2 heterocycles. The van der Waals surface area contributed by atoms with Gasteiger partial charge in [0.1, 0.15) is 0 Å². The highest BCUT2D eigenvalue weighted by Crippen LogP contribution is 2.20. The van der Waals surface area contributed by atoms with Gasteiger partial charge in [-0.1, -0.05) is 0 Å². The molecule has 1 radical (unpaired) electrons. The lowest BCUT2D eigenvalue weighted by atomic mass is 9.94. The summed E-state index contributed by atoms with van der Waals surface area (Å²) in [5.74, 6) is 0.912. The molecule has 0 aliphatic carbocycles. The summed E-state index contributed by atoms with van der Waals surface area (Å²) in [6, 6.07) is 0.749. The third kappa shape index (κ3) is 0.970. The molecule has 0 aromatic carbocycles. The Balaban J connectivity index is 1.97. The molecule has 0 aromatic heterocycles. The van der Waals surface area contributed by atoms with Gasteiger partial charge in [-0.05, 0) is 25.3 Å². The van der Waals surface area contributed by atoms with E-state index in [9.17, 15) is 0 Å². The molecule has 2 nitrogen and oxygen atoms in total. The van der Waals surface area contributed by atoms with Crippen molar-refractivity contribution in [2.75, 3.05) is 13.1 Å². The Bertz CT molecular complexity index is 91.1. The van der Waals surface area contributed by atoms with Gasteiger partial charge in [0.05, 0.1) is 0 Å². The Morgan fingerprint density at radius 3 is 3.22 bits per heavy atom. The van der Waals surface area contributed by atoms with Crippen molar-refractivity contribution in [1.82, 2.24) is 10.6 Å². The van der Waals surface area contributed by atoms with Crippen molar-refractivity contribution in [3.63, 3.8) is 0 Å². The van der Waals surface area contributed by atoms with Gasteiger partial charge >= 0.3 is 0 Å². The van der Waals surface area contributed by atoms with Crippen molar-refractivity contribution in [2.24, 2.45) is 5.92 Å². The summed E-state index contributed by atoms with van der Waals surface area (Å²) in [4.78, 5) is 0. The van der Waals surface area contributed by atoms with Gasteiger partial charge in [0, 0.05) is 19.1 Å². The van der Waals surface area contributed by atoms with Gasteiger partial charge in [-0.25, -0.2) is 0 Å². The van der Waals surface area contributed by atoms with Crippen LogP contribution in [-0.4, -0.2) is 19.1 Å². The number of nitrogens with one attached hydrogen (secondary N) is 2. The van der Waals surface area contributed by atoms with Crippen LogP contribution in [0, 0.1) is 12.5 Å². The van der Waals surface area contributed by atoms with Crippen LogP contribution in [0.5, 0.6) is 0 Å². The van der Waals surface area contributed by atoms with Crippen LogP contribution >= 0.6 is 0 Å². The fraction of sp³-hybridized carbons (Fsp3) is 0.857. The van der Waals surface area contributed by atoms with E-state index in [-0.39, 0.29) is 0 Å². The molecule has 9 heavy (non-hydrogen) atoms. The number of rotatable bonds is 0. The lowest BCUT2D eigenvalue weighted by Gasteiger charge is -2.24. The minimum absolute atomic E-state index is 0.749. The van der Waals surface area contributed by atoms with Crippen LogP contribution in [0.25, 0.3) is 0 Å². The Kier molecular flexibility index (Phi) is 1.44. The van der Waals surface area contributed by atoms with Crippen molar-refractivity contribution in [2.45, 2.75) is 18.9 Å². The summed E-state index contributed by atoms with van der Waals surface area (Å²) in [6.07, 6.45) is 2.63. The van der Waals surface area contributed by atoms with Gasteiger partial charge in [-0.2, -0.15) is 0 Å². The summed E-state index contributed by atoms with van der Waals surface area (Å²) >= 11 is 0. The second-order valence-corrected chi connectivity index (χ2v) is 2.97. The molecular formula is C7H13N2. The molecule has 2 N–H and O–H groups in total. The standard InChI is InChI=1S/C7H13N2/c1-2-6-4-8-5-7(6)9-3-1/h3,6-9H,1-2,4-5H2/t6-,7+/m0/s1. The maximum atomic E-state index is 3.39. The largest absolute Gasteiger partial charge is 0.315 e. The van der Waals surface area contributed by atoms with E-state index in [0.717, 1.165) is 12.0 Å². The molecular weight excluding hydrogens is 112 g/mol. The second-order valence-electron chi connectivity index (χ2n) is 2.97. The van der Waals surface area contributed by atoms with Gasteiger partial charge in [-0.3, -0.25) is 0 Å². The number of piperidine rings is 1. The van der Waals surface area contributed by atoms with Gasteiger partial charge in [-0.15, -0.1) is 0 Å². The van der Waals surface area contributed by atoms with Crippen LogP contribution in [-0.2, 0) is 0 Å². The summed E-state index contributed by atoms with van der Waals surface area (Å²) in [5.41, 5.74) is 0. The summed E-state index contributed by atoms with van der Waals surface area (Å²) in [6.45, 7) is 4.60. The quantitative estimate of drug-likeness (QED) is 0.480. The van der Waals surface area contributed by atoms with Crippen molar-refractivity contribution in [1.29, 1.82) is 0 Å². The SMILES string of the molecule is [CH]1CC[C@H]2CNC[C@H]2N1. The van der Waals surface area contributed by atoms with E-state index < -0.39 is 0 Å². The summed E-state index contributed by atoms with van der Waals surface area (Å²) in [5, 5.41) is 6.78. The van der Waals surface area contributed by atoms with Crippen LogP contribution in [0.4, 0.5) is 0 Å². The van der Waals surface area contributed by atoms with Gasteiger partial charge < -0.3 is 10.6 Å². The molecule has 0 unspecified atom stereocenters. The molecule has 0 bridgehead atoms. The molecule has 2 aliphatic heterocycles. The predicted octanol–water partition coefficient (Wildman–Crippen LogP) is 0.120. The smallest absolute Gasteiger partial charge is 0.0236 e. The zero-order valence-electron chi connectivity index (χ0n) is 5.56. The first-order valence-corrected chi connectivity index (χ1v) is 3.75. The minimum atomic E-state index is 0.749. The van der Waals surface area contributed by atoms with Gasteiger partial charge in [0.2, 0.25) is 0 Å². The predicted molar refractivity (Wildman–Crippen MR) is 36.8 cm³/mol. The van der Waals surface area contributed by atoms with Crippen LogP contribution in [0.1, 0.15) is 12.8 Å². The average molecular weight is 125 g/mol. The third-order valence-corrected chi connectivity index (χ3v) is 2.35. The van der Waals surface area contributed by atoms with E-state index in [0.29, 0.717) is 0 Å². The van der Waals surface area contributed by atoms with Crippen LogP contribution in [0.15, 0.2) is 0 Å². The molecule has 2 rings (SSSR count). The lowest BCUT2D eigenvalue weighted by molar-refractivity contribution is 0.374. The van der Waals surface area contributed by atoms with E-state index in [1.54, 1.807) is 0 Å². The zero-order chi connectivity index (χ0) is 6.10. The maximum Gasteiger partial charge on any atom is 0.0236 e. The first kappa shape index (κ1) is 5.69. The molecule has 2 saturated heterocycles. The van der Waals surface area contributed by atoms with Gasteiger partial charge in [0.25, 0.3) is 0 Å². The van der Waals surface area contributed by atoms with Crippen molar-refractivity contribution in [3.05, 3.63) is 6.54 Å². The van der Waals surface area contributed by atoms with Crippen LogP contribution in [0.3, 0.4) is 0 Å². The topological polar surface area (TPSA) is 24.1 Å². The highest BCUT2D eigenvalue weighted by Gasteiger charge is 2.28. The molecule has 0 amide bonds. The molecule has 0 saturated carbocycles. The van der Waals surface area contributed by atoms with Crippen molar-refractivity contribution >= 4 is 0 Å². The molecule has 0 spiro atoms. The molecule has 2 fully saturated rings. The number of hydrogen-bond donors (Lipinski definition) is 2. The first-order valence-electron chi connectivity index (χ1n) is 3.75. The lowest BCUT2D eigenvalue weighted by Crippen LogP contribution is -2.37. The van der Waals surface area contributed by atoms with E-state index in [2.05, 4.69) is 17.2 Å². The fourth-order valence-corrected chi connectivity index (χ4v) is 1.76. The van der Waals surface area contributed by atoms with E-state index in [1.165, 1.54) is 25.9 Å². The highest BCUT2D eigenvalue weighted by atomic mass is 15.0. The Morgan fingerprint density at radius 2 is 2.33 bits per heavy atom. The van der Waals surface area contributed by atoms with Crippen molar-refractivity contribution < 1.29 is 0 Å². The average Bonchev–Trinajstić information content (AvgIpc) is 2.33. The van der Waals surface area contributed by atoms with Crippen LogP contribution in [0.2, 0.25) is 0 Å². The number of fused-ring (bicyclic) bond motifs is 1. The zero-order valence-corrected chi connectivity index (χ0v) is 5.56. The highest BCUT2D eigenvalue weighted by molar-refractivity contribution is 4.92. The summed E-state index contributed by atoms with van der Waals surface area (Å²) in [7, 11) is 0. The van der Waals surface area contributed by atoms with E-state index in [1.807, 2.05) is 0 Å². The molecule has 0 aromatic rings. The monoisotopic (exact) mass is 125 g/mol. The van der Waals surface area contributed by atoms with Gasteiger partial charge in [0.15, 0.2) is 0 Å². The minimum Gasteiger partial charge on any atom is -0.315 e. The molecule has 2 aliphatic rings. The fourth-order valence-electron chi connectivity index (χ4n) is 1.76. The Labute approximate surface area is 56.0 Å².